The Bertz CT molecular complexity index is 2570. The van der Waals surface area contributed by atoms with Crippen LogP contribution in [0, 0.1) is 6.92 Å². The molecule has 0 aromatic heterocycles. The van der Waals surface area contributed by atoms with E-state index in [0.717, 1.165) is 34.1 Å². The van der Waals surface area contributed by atoms with Crippen LogP contribution >= 0.6 is 0 Å². The van der Waals surface area contributed by atoms with Crippen molar-refractivity contribution in [2.75, 3.05) is 9.80 Å². The van der Waals surface area contributed by atoms with Gasteiger partial charge in [0.05, 0.1) is 0 Å². The third-order valence-electron chi connectivity index (χ3n) is 10.1. The smallest absolute Gasteiger partial charge is 0.0463 e. The van der Waals surface area contributed by atoms with Gasteiger partial charge < -0.3 is 9.80 Å². The Morgan fingerprint density at radius 3 is 0.887 bits per heavy atom. The summed E-state index contributed by atoms with van der Waals surface area (Å²) in [4.78, 5) is 4.64. The van der Waals surface area contributed by atoms with E-state index in [2.05, 4.69) is 229 Å². The van der Waals surface area contributed by atoms with Crippen molar-refractivity contribution in [2.45, 2.75) is 6.92 Å². The molecule has 0 saturated carbocycles. The molecule has 0 N–H and O–H groups in total. The van der Waals surface area contributed by atoms with E-state index in [1.54, 1.807) is 0 Å². The summed E-state index contributed by atoms with van der Waals surface area (Å²) in [5, 5.41) is 5.03. The molecule has 0 aliphatic rings. The second kappa shape index (κ2) is 14.0. The molecule has 9 aromatic carbocycles. The number of hydrogen-bond acceptors (Lipinski definition) is 2. The van der Waals surface area contributed by atoms with E-state index in [4.69, 9.17) is 0 Å². The number of nitrogens with zero attached hydrogens (tertiary/aromatic N) is 2. The first-order valence-corrected chi connectivity index (χ1v) is 18.2. The van der Waals surface area contributed by atoms with Gasteiger partial charge in [0.1, 0.15) is 0 Å². The second-order valence-corrected chi connectivity index (χ2v) is 13.4. The van der Waals surface area contributed by atoms with Crippen molar-refractivity contribution in [1.29, 1.82) is 0 Å². The molecular weight excluding hydrogens is 641 g/mol. The van der Waals surface area contributed by atoms with Crippen LogP contribution in [0.15, 0.2) is 212 Å². The van der Waals surface area contributed by atoms with Crippen LogP contribution < -0.4 is 9.80 Å². The Morgan fingerprint density at radius 1 is 0.245 bits per heavy atom. The van der Waals surface area contributed by atoms with Gasteiger partial charge in [0.25, 0.3) is 0 Å². The lowest BCUT2D eigenvalue weighted by atomic mass is 9.86. The third kappa shape index (κ3) is 6.11. The summed E-state index contributed by atoms with van der Waals surface area (Å²) in [6.45, 7) is 2.13. The summed E-state index contributed by atoms with van der Waals surface area (Å²) >= 11 is 0. The molecule has 252 valence electrons. The Morgan fingerprint density at radius 2 is 0.509 bits per heavy atom. The van der Waals surface area contributed by atoms with Crippen LogP contribution in [0.1, 0.15) is 5.56 Å². The Labute approximate surface area is 311 Å². The van der Waals surface area contributed by atoms with Gasteiger partial charge in [-0.15, -0.1) is 0 Å². The lowest BCUT2D eigenvalue weighted by molar-refractivity contribution is 1.25. The highest BCUT2D eigenvalue weighted by Crippen LogP contribution is 2.45. The van der Waals surface area contributed by atoms with E-state index in [0.29, 0.717) is 0 Å². The normalized spacial score (nSPS) is 11.1. The predicted octanol–water partition coefficient (Wildman–Crippen LogP) is 14.6. The topological polar surface area (TPSA) is 6.48 Å². The maximum Gasteiger partial charge on any atom is 0.0463 e. The Hall–Kier alpha value is -6.90. The average Bonchev–Trinajstić information content (AvgIpc) is 3.23. The van der Waals surface area contributed by atoms with Crippen molar-refractivity contribution in [3.05, 3.63) is 218 Å². The first-order valence-electron chi connectivity index (χ1n) is 18.2. The molecule has 0 aliphatic heterocycles. The van der Waals surface area contributed by atoms with E-state index in [-0.39, 0.29) is 0 Å². The molecule has 2 heteroatoms. The van der Waals surface area contributed by atoms with Crippen molar-refractivity contribution < 1.29 is 0 Å². The summed E-state index contributed by atoms with van der Waals surface area (Å²) in [5.74, 6) is 0. The standard InChI is InChI=1S/C51H38N2/c1-37-25-29-42(30-26-37)52(40-17-7-3-8-18-40)44-33-35-45(36-34-44)53(41-19-9-4-10-20-41)43-31-27-39(28-32-43)51-48-23-13-11-21-46(48)50(38-15-5-2-6-16-38)47-22-12-14-24-49(47)51/h2-36H,1H3. The minimum atomic E-state index is 1.09. The van der Waals surface area contributed by atoms with E-state index in [1.165, 1.54) is 49.4 Å². The lowest BCUT2D eigenvalue weighted by Crippen LogP contribution is -2.12. The van der Waals surface area contributed by atoms with Gasteiger partial charge >= 0.3 is 0 Å². The van der Waals surface area contributed by atoms with Crippen molar-refractivity contribution in [1.82, 2.24) is 0 Å². The maximum absolute atomic E-state index is 2.33. The van der Waals surface area contributed by atoms with Gasteiger partial charge in [-0.05, 0) is 124 Å². The monoisotopic (exact) mass is 678 g/mol. The number of benzene rings is 9. The lowest BCUT2D eigenvalue weighted by Gasteiger charge is -2.28. The van der Waals surface area contributed by atoms with Gasteiger partial charge in [-0.2, -0.15) is 0 Å². The zero-order chi connectivity index (χ0) is 35.6. The average molecular weight is 679 g/mol. The summed E-state index contributed by atoms with van der Waals surface area (Å²) in [6, 6.07) is 76.3. The predicted molar refractivity (Wildman–Crippen MR) is 226 cm³/mol. The fourth-order valence-corrected chi connectivity index (χ4v) is 7.63. The number of hydrogen-bond donors (Lipinski definition) is 0. The quantitative estimate of drug-likeness (QED) is 0.148. The highest BCUT2D eigenvalue weighted by atomic mass is 15.2. The number of rotatable bonds is 8. The van der Waals surface area contributed by atoms with Gasteiger partial charge in [-0.1, -0.05) is 145 Å². The third-order valence-corrected chi connectivity index (χ3v) is 10.1. The molecule has 9 aromatic rings. The van der Waals surface area contributed by atoms with Crippen molar-refractivity contribution in [2.24, 2.45) is 0 Å². The highest BCUT2D eigenvalue weighted by Gasteiger charge is 2.19. The molecule has 2 nitrogen and oxygen atoms in total. The molecule has 0 amide bonds. The minimum absolute atomic E-state index is 1.09. The summed E-state index contributed by atoms with van der Waals surface area (Å²) in [6.07, 6.45) is 0. The summed E-state index contributed by atoms with van der Waals surface area (Å²) in [7, 11) is 0. The molecule has 53 heavy (non-hydrogen) atoms. The van der Waals surface area contributed by atoms with E-state index < -0.39 is 0 Å². The van der Waals surface area contributed by atoms with Gasteiger partial charge in [0.2, 0.25) is 0 Å². The Balaban J connectivity index is 1.14. The zero-order valence-corrected chi connectivity index (χ0v) is 29.6. The van der Waals surface area contributed by atoms with Crippen LogP contribution in [0.5, 0.6) is 0 Å². The molecule has 0 spiro atoms. The van der Waals surface area contributed by atoms with Gasteiger partial charge in [-0.25, -0.2) is 0 Å². The first-order chi connectivity index (χ1) is 26.2. The molecule has 0 bridgehead atoms. The summed E-state index contributed by atoms with van der Waals surface area (Å²) < 4.78 is 0. The molecule has 0 unspecified atom stereocenters. The highest BCUT2D eigenvalue weighted by molar-refractivity contribution is 6.21. The molecule has 0 atom stereocenters. The molecule has 0 aliphatic carbocycles. The van der Waals surface area contributed by atoms with Crippen molar-refractivity contribution >= 4 is 55.7 Å². The van der Waals surface area contributed by atoms with Gasteiger partial charge in [-0.3, -0.25) is 0 Å². The van der Waals surface area contributed by atoms with Crippen molar-refractivity contribution in [3.63, 3.8) is 0 Å². The second-order valence-electron chi connectivity index (χ2n) is 13.4. The van der Waals surface area contributed by atoms with E-state index in [9.17, 15) is 0 Å². The number of fused-ring (bicyclic) bond motifs is 2. The van der Waals surface area contributed by atoms with Crippen LogP contribution in [0.2, 0.25) is 0 Å². The van der Waals surface area contributed by atoms with E-state index >= 15 is 0 Å². The van der Waals surface area contributed by atoms with Crippen LogP contribution in [0.4, 0.5) is 34.1 Å². The molecule has 0 radical (unpaired) electrons. The van der Waals surface area contributed by atoms with Crippen LogP contribution in [0.3, 0.4) is 0 Å². The van der Waals surface area contributed by atoms with Crippen molar-refractivity contribution in [3.8, 4) is 22.3 Å². The Kier molecular flexibility index (Phi) is 8.47. The van der Waals surface area contributed by atoms with Crippen LogP contribution in [0.25, 0.3) is 43.8 Å². The largest absolute Gasteiger partial charge is 0.311 e. The SMILES string of the molecule is Cc1ccc(N(c2ccccc2)c2ccc(N(c3ccccc3)c3ccc(-c4c5ccccc5c(-c5ccccc5)c5ccccc45)cc3)cc2)cc1. The fourth-order valence-electron chi connectivity index (χ4n) is 7.63. The van der Waals surface area contributed by atoms with Gasteiger partial charge in [0, 0.05) is 34.1 Å². The van der Waals surface area contributed by atoms with Gasteiger partial charge in [0.15, 0.2) is 0 Å². The number of aryl methyl sites for hydroxylation is 1. The first kappa shape index (κ1) is 32.0. The number of para-hydroxylation sites is 2. The van der Waals surface area contributed by atoms with Crippen LogP contribution in [-0.4, -0.2) is 0 Å². The molecule has 9 rings (SSSR count). The number of anilines is 6. The van der Waals surface area contributed by atoms with Crippen LogP contribution in [-0.2, 0) is 0 Å². The zero-order valence-electron chi connectivity index (χ0n) is 29.6. The molecular formula is C51H38N2. The molecule has 0 saturated heterocycles. The van der Waals surface area contributed by atoms with E-state index in [1.807, 2.05) is 0 Å². The maximum atomic E-state index is 2.33. The fraction of sp³-hybridized carbons (Fsp3) is 0.0196. The minimum Gasteiger partial charge on any atom is -0.311 e. The molecule has 0 heterocycles. The summed E-state index contributed by atoms with van der Waals surface area (Å²) in [5.41, 5.74) is 12.9. The molecule has 0 fully saturated rings.